The molecule has 8 nitrogen and oxygen atoms in total. The van der Waals surface area contributed by atoms with E-state index >= 15 is 0 Å². The highest BCUT2D eigenvalue weighted by Crippen LogP contribution is 2.38. The number of carboxylic acids is 1. The molecule has 0 aromatic heterocycles. The largest absolute Gasteiger partial charge is 0.493 e. The van der Waals surface area contributed by atoms with Gasteiger partial charge in [-0.1, -0.05) is 24.3 Å². The van der Waals surface area contributed by atoms with Crippen LogP contribution in [0, 0.1) is 13.8 Å². The van der Waals surface area contributed by atoms with Crippen molar-refractivity contribution >= 4 is 21.7 Å². The van der Waals surface area contributed by atoms with E-state index in [0.717, 1.165) is 50.6 Å². The van der Waals surface area contributed by atoms with E-state index in [0.29, 0.717) is 39.3 Å². The number of anilines is 1. The van der Waals surface area contributed by atoms with E-state index in [9.17, 15) is 13.2 Å². The number of sulfonamides is 1. The van der Waals surface area contributed by atoms with Gasteiger partial charge in [-0.05, 0) is 72.4 Å². The second kappa shape index (κ2) is 11.3. The molecule has 206 valence electrons. The average molecular weight is 551 g/mol. The van der Waals surface area contributed by atoms with E-state index in [1.807, 2.05) is 30.3 Å². The van der Waals surface area contributed by atoms with Crippen LogP contribution in [0.25, 0.3) is 11.1 Å². The summed E-state index contributed by atoms with van der Waals surface area (Å²) in [6.07, 6.45) is 0.752. The molecule has 1 fully saturated rings. The predicted octanol–water partition coefficient (Wildman–Crippen LogP) is 4.95. The number of benzene rings is 3. The summed E-state index contributed by atoms with van der Waals surface area (Å²) >= 11 is 0. The maximum absolute atomic E-state index is 12.0. The number of nitrogens with zero attached hydrogens (tertiary/aromatic N) is 1. The quantitative estimate of drug-likeness (QED) is 0.368. The maximum Gasteiger partial charge on any atom is 0.304 e. The zero-order chi connectivity index (χ0) is 27.6. The molecular formula is C30H34N2O6S. The maximum atomic E-state index is 12.0. The zero-order valence-electron chi connectivity index (χ0n) is 22.3. The first-order chi connectivity index (χ1) is 18.7. The molecule has 0 radical (unpaired) electrons. The number of hydrogen-bond donors (Lipinski definition) is 2. The molecule has 0 spiro atoms. The minimum absolute atomic E-state index is 0.0709. The molecule has 0 bridgehead atoms. The summed E-state index contributed by atoms with van der Waals surface area (Å²) in [5, 5.41) is 12.6. The van der Waals surface area contributed by atoms with Crippen LogP contribution >= 0.6 is 0 Å². The Balaban J connectivity index is 1.23. The number of carbonyl (C=O) groups is 1. The van der Waals surface area contributed by atoms with Crippen LogP contribution in [0.2, 0.25) is 0 Å². The number of ether oxygens (including phenoxy) is 2. The molecule has 2 heterocycles. The number of rotatable bonds is 10. The fourth-order valence-corrected chi connectivity index (χ4v) is 6.99. The van der Waals surface area contributed by atoms with Crippen LogP contribution in [0.1, 0.15) is 41.0 Å². The van der Waals surface area contributed by atoms with Crippen molar-refractivity contribution in [3.63, 3.8) is 0 Å². The molecule has 0 amide bonds. The number of aryl methyl sites for hydroxylation is 2. The highest BCUT2D eigenvalue weighted by Gasteiger charge is 2.28. The van der Waals surface area contributed by atoms with Gasteiger partial charge in [-0.25, -0.2) is 8.42 Å². The number of fused-ring (bicyclic) bond motifs is 1. The van der Waals surface area contributed by atoms with Gasteiger partial charge in [0.15, 0.2) is 0 Å². The van der Waals surface area contributed by atoms with Gasteiger partial charge in [-0.15, -0.1) is 0 Å². The van der Waals surface area contributed by atoms with E-state index in [2.05, 4.69) is 43.4 Å². The number of hydrogen-bond acceptors (Lipinski definition) is 6. The van der Waals surface area contributed by atoms with E-state index in [1.165, 1.54) is 4.31 Å². The SMILES string of the molecule is Cc1cc(OCCN2CCCS2(=O)=O)cc(C)c1-c1cccc(CNc2ccc3c(c2)OCC3CC(=O)O)c1. The van der Waals surface area contributed by atoms with Crippen molar-refractivity contribution < 1.29 is 27.8 Å². The third-order valence-corrected chi connectivity index (χ3v) is 9.30. The molecule has 39 heavy (non-hydrogen) atoms. The molecule has 9 heteroatoms. The molecular weight excluding hydrogens is 516 g/mol. The van der Waals surface area contributed by atoms with Crippen LogP contribution in [-0.2, 0) is 21.4 Å². The third-order valence-electron chi connectivity index (χ3n) is 7.35. The first-order valence-electron chi connectivity index (χ1n) is 13.2. The number of carboxylic acid groups (broad SMARTS) is 1. The molecule has 1 saturated heterocycles. The lowest BCUT2D eigenvalue weighted by molar-refractivity contribution is -0.137. The second-order valence-corrected chi connectivity index (χ2v) is 12.3. The fourth-order valence-electron chi connectivity index (χ4n) is 5.48. The lowest BCUT2D eigenvalue weighted by Crippen LogP contribution is -2.30. The van der Waals surface area contributed by atoms with Crippen LogP contribution in [-0.4, -0.2) is 55.9 Å². The molecule has 0 saturated carbocycles. The average Bonchev–Trinajstić information content (AvgIpc) is 3.43. The Labute approximate surface area is 229 Å². The fraction of sp³-hybridized carbons (Fsp3) is 0.367. The second-order valence-electron chi connectivity index (χ2n) is 10.3. The Kier molecular flexibility index (Phi) is 7.81. The Hall–Kier alpha value is -3.56. The topological polar surface area (TPSA) is 105 Å². The van der Waals surface area contributed by atoms with Gasteiger partial charge in [0.1, 0.15) is 18.1 Å². The first-order valence-corrected chi connectivity index (χ1v) is 14.8. The lowest BCUT2D eigenvalue weighted by atomic mass is 9.94. The van der Waals surface area contributed by atoms with Crippen LogP contribution in [0.3, 0.4) is 0 Å². The predicted molar refractivity (Wildman–Crippen MR) is 151 cm³/mol. The molecule has 3 aromatic carbocycles. The molecule has 1 atom stereocenters. The van der Waals surface area contributed by atoms with E-state index in [4.69, 9.17) is 14.6 Å². The van der Waals surface area contributed by atoms with Crippen molar-refractivity contribution in [1.82, 2.24) is 4.31 Å². The highest BCUT2D eigenvalue weighted by atomic mass is 32.2. The highest BCUT2D eigenvalue weighted by molar-refractivity contribution is 7.89. The monoisotopic (exact) mass is 550 g/mol. The van der Waals surface area contributed by atoms with Crippen molar-refractivity contribution in [2.75, 3.05) is 37.4 Å². The molecule has 0 aliphatic carbocycles. The Morgan fingerprint density at radius 1 is 1.13 bits per heavy atom. The molecule has 2 aliphatic heterocycles. The number of nitrogens with one attached hydrogen (secondary N) is 1. The van der Waals surface area contributed by atoms with E-state index in [1.54, 1.807) is 0 Å². The summed E-state index contributed by atoms with van der Waals surface area (Å²) in [7, 11) is -3.11. The number of aliphatic carboxylic acids is 1. The third kappa shape index (κ3) is 6.20. The summed E-state index contributed by atoms with van der Waals surface area (Å²) in [6.45, 7) is 6.42. The Morgan fingerprint density at radius 2 is 1.92 bits per heavy atom. The van der Waals surface area contributed by atoms with Gasteiger partial charge in [0.05, 0.1) is 18.8 Å². The van der Waals surface area contributed by atoms with Crippen LogP contribution in [0.5, 0.6) is 11.5 Å². The summed E-state index contributed by atoms with van der Waals surface area (Å²) in [6, 6.07) is 18.3. The van der Waals surface area contributed by atoms with Gasteiger partial charge >= 0.3 is 5.97 Å². The summed E-state index contributed by atoms with van der Waals surface area (Å²) in [4.78, 5) is 11.1. The Bertz CT molecular complexity index is 1460. The normalized spacial score (nSPS) is 17.9. The van der Waals surface area contributed by atoms with Crippen LogP contribution in [0.15, 0.2) is 54.6 Å². The van der Waals surface area contributed by atoms with E-state index in [-0.39, 0.29) is 18.1 Å². The molecule has 1 unspecified atom stereocenters. The molecule has 3 aromatic rings. The van der Waals surface area contributed by atoms with Gasteiger partial charge in [0.2, 0.25) is 10.0 Å². The molecule has 2 N–H and O–H groups in total. The zero-order valence-corrected chi connectivity index (χ0v) is 23.1. The lowest BCUT2D eigenvalue weighted by Gasteiger charge is -2.17. The van der Waals surface area contributed by atoms with Crippen molar-refractivity contribution in [3.05, 3.63) is 76.9 Å². The molecule has 2 aliphatic rings. The summed E-state index contributed by atoms with van der Waals surface area (Å²) < 4.78 is 37.2. The van der Waals surface area contributed by atoms with Crippen LogP contribution in [0.4, 0.5) is 5.69 Å². The van der Waals surface area contributed by atoms with Gasteiger partial charge in [0.25, 0.3) is 0 Å². The van der Waals surface area contributed by atoms with Crippen LogP contribution < -0.4 is 14.8 Å². The van der Waals surface area contributed by atoms with Gasteiger partial charge < -0.3 is 19.9 Å². The van der Waals surface area contributed by atoms with Crippen molar-refractivity contribution in [3.8, 4) is 22.6 Å². The molecule has 5 rings (SSSR count). The van der Waals surface area contributed by atoms with Crippen molar-refractivity contribution in [1.29, 1.82) is 0 Å². The van der Waals surface area contributed by atoms with E-state index < -0.39 is 16.0 Å². The first kappa shape index (κ1) is 27.0. The standard InChI is InChI=1S/C30H34N2O6S/c1-20-13-26(37-11-10-32-9-4-12-39(32,35)36)14-21(2)30(20)23-6-3-5-22(15-23)18-31-25-7-8-27-24(16-29(33)34)19-38-28(27)17-25/h3,5-8,13-15,17,24,31H,4,9-12,16,18-19H2,1-2H3,(H,33,34). The summed E-state index contributed by atoms with van der Waals surface area (Å²) in [5.41, 5.74) is 7.46. The summed E-state index contributed by atoms with van der Waals surface area (Å²) in [5.74, 6) is 0.794. The van der Waals surface area contributed by atoms with Gasteiger partial charge in [-0.3, -0.25) is 4.79 Å². The Morgan fingerprint density at radius 3 is 2.64 bits per heavy atom. The minimum Gasteiger partial charge on any atom is -0.493 e. The van der Waals surface area contributed by atoms with Crippen molar-refractivity contribution in [2.45, 2.75) is 39.2 Å². The van der Waals surface area contributed by atoms with Gasteiger partial charge in [0, 0.05) is 42.9 Å². The smallest absolute Gasteiger partial charge is 0.304 e. The van der Waals surface area contributed by atoms with Gasteiger partial charge in [-0.2, -0.15) is 4.31 Å². The minimum atomic E-state index is -3.11. The van der Waals surface area contributed by atoms with Crippen molar-refractivity contribution in [2.24, 2.45) is 0 Å².